The van der Waals surface area contributed by atoms with E-state index in [-0.39, 0.29) is 23.2 Å². The van der Waals surface area contributed by atoms with Crippen LogP contribution < -0.4 is 9.62 Å². The Morgan fingerprint density at radius 1 is 1.07 bits per heavy atom. The predicted octanol–water partition coefficient (Wildman–Crippen LogP) is 2.55. The molecule has 0 aliphatic heterocycles. The summed E-state index contributed by atoms with van der Waals surface area (Å²) < 4.78 is 28.1. The maximum absolute atomic E-state index is 12.8. The van der Waals surface area contributed by atoms with Crippen molar-refractivity contribution >= 4 is 21.4 Å². The van der Waals surface area contributed by atoms with E-state index in [1.54, 1.807) is 6.92 Å². The van der Waals surface area contributed by atoms with Crippen molar-refractivity contribution < 1.29 is 13.3 Å². The first-order valence-electron chi connectivity index (χ1n) is 8.71. The molecule has 152 valence electrons. The second-order valence-electron chi connectivity index (χ2n) is 7.02. The molecule has 0 fully saturated rings. The lowest BCUT2D eigenvalue weighted by Gasteiger charge is -2.26. The minimum absolute atomic E-state index is 0.0813. The summed E-state index contributed by atoms with van der Waals surface area (Å²) in [5.74, 6) is 0. The fourth-order valence-corrected chi connectivity index (χ4v) is 4.15. The van der Waals surface area contributed by atoms with Gasteiger partial charge in [-0.1, -0.05) is 18.2 Å². The number of anilines is 1. The van der Waals surface area contributed by atoms with Crippen LogP contribution >= 0.6 is 0 Å². The molecular weight excluding hydrogens is 380 g/mol. The Kier molecular flexibility index (Phi) is 6.76. The van der Waals surface area contributed by atoms with Gasteiger partial charge in [-0.05, 0) is 44.3 Å². The van der Waals surface area contributed by atoms with E-state index in [9.17, 15) is 18.5 Å². The van der Waals surface area contributed by atoms with Crippen LogP contribution in [0.3, 0.4) is 0 Å². The molecule has 0 saturated heterocycles. The van der Waals surface area contributed by atoms with Crippen molar-refractivity contribution in [2.75, 3.05) is 39.6 Å². The van der Waals surface area contributed by atoms with E-state index in [1.165, 1.54) is 12.1 Å². The molecule has 8 nitrogen and oxygen atoms in total. The van der Waals surface area contributed by atoms with Gasteiger partial charge in [0.2, 0.25) is 10.0 Å². The van der Waals surface area contributed by atoms with Crippen molar-refractivity contribution in [1.29, 1.82) is 0 Å². The summed E-state index contributed by atoms with van der Waals surface area (Å²) in [4.78, 5) is 14.2. The number of nitrogens with zero attached hydrogens (tertiary/aromatic N) is 3. The van der Waals surface area contributed by atoms with Crippen LogP contribution in [0.25, 0.3) is 0 Å². The van der Waals surface area contributed by atoms with Gasteiger partial charge in [0.1, 0.15) is 0 Å². The topological polar surface area (TPSA) is 95.8 Å². The van der Waals surface area contributed by atoms with Crippen molar-refractivity contribution in [2.24, 2.45) is 0 Å². The van der Waals surface area contributed by atoms with Gasteiger partial charge >= 0.3 is 0 Å². The molecule has 9 heteroatoms. The van der Waals surface area contributed by atoms with E-state index in [2.05, 4.69) is 4.72 Å². The van der Waals surface area contributed by atoms with Gasteiger partial charge in [0.05, 0.1) is 9.82 Å². The number of nitrogens with one attached hydrogen (secondary N) is 1. The molecule has 1 N–H and O–H groups in total. The van der Waals surface area contributed by atoms with Crippen LogP contribution in [0.15, 0.2) is 47.4 Å². The molecule has 0 amide bonds. The van der Waals surface area contributed by atoms with Crippen molar-refractivity contribution in [3.8, 4) is 0 Å². The van der Waals surface area contributed by atoms with Gasteiger partial charge < -0.3 is 9.80 Å². The van der Waals surface area contributed by atoms with Gasteiger partial charge in [-0.15, -0.1) is 0 Å². The highest BCUT2D eigenvalue weighted by Crippen LogP contribution is 2.24. The molecule has 0 aliphatic rings. The van der Waals surface area contributed by atoms with E-state index in [4.69, 9.17) is 0 Å². The minimum Gasteiger partial charge on any atom is -0.378 e. The predicted molar refractivity (Wildman–Crippen MR) is 110 cm³/mol. The number of likely N-dealkylation sites (N-methyl/N-ethyl adjacent to an activating group) is 1. The maximum Gasteiger partial charge on any atom is 0.270 e. The second kappa shape index (κ2) is 8.68. The SMILES string of the molecule is Cc1ccc([N+](=O)[O-])cc1S(=O)(=O)NC[C@H](c1ccc(N(C)C)cc1)N(C)C. The van der Waals surface area contributed by atoms with Crippen LogP contribution in [0.4, 0.5) is 11.4 Å². The summed E-state index contributed by atoms with van der Waals surface area (Å²) in [5.41, 5.74) is 2.22. The lowest BCUT2D eigenvalue weighted by Crippen LogP contribution is -2.34. The summed E-state index contributed by atoms with van der Waals surface area (Å²) in [6.45, 7) is 1.75. The highest BCUT2D eigenvalue weighted by Gasteiger charge is 2.23. The third-order valence-electron chi connectivity index (χ3n) is 4.56. The van der Waals surface area contributed by atoms with Crippen LogP contribution in [0.1, 0.15) is 17.2 Å². The average Bonchev–Trinajstić information content (AvgIpc) is 2.61. The molecule has 2 aromatic rings. The fraction of sp³-hybridized carbons (Fsp3) is 0.368. The molecule has 0 unspecified atom stereocenters. The fourth-order valence-electron chi connectivity index (χ4n) is 2.85. The molecule has 1 atom stereocenters. The molecular formula is C19H26N4O4S. The molecule has 0 saturated carbocycles. The minimum atomic E-state index is -3.89. The summed E-state index contributed by atoms with van der Waals surface area (Å²) in [6, 6.07) is 11.5. The highest BCUT2D eigenvalue weighted by atomic mass is 32.2. The molecule has 0 bridgehead atoms. The number of benzene rings is 2. The zero-order chi connectivity index (χ0) is 21.1. The van der Waals surface area contributed by atoms with Gasteiger partial charge in [0.15, 0.2) is 0 Å². The van der Waals surface area contributed by atoms with Crippen molar-refractivity contribution in [3.05, 3.63) is 63.7 Å². The Labute approximate surface area is 166 Å². The number of hydrogen-bond acceptors (Lipinski definition) is 6. The van der Waals surface area contributed by atoms with Gasteiger partial charge in [0, 0.05) is 44.5 Å². The normalized spacial score (nSPS) is 12.8. The van der Waals surface area contributed by atoms with Crippen LogP contribution in [-0.4, -0.2) is 53.0 Å². The first kappa shape index (κ1) is 21.8. The van der Waals surface area contributed by atoms with Gasteiger partial charge in [-0.2, -0.15) is 0 Å². The zero-order valence-corrected chi connectivity index (χ0v) is 17.5. The molecule has 0 aromatic heterocycles. The highest BCUT2D eigenvalue weighted by molar-refractivity contribution is 7.89. The number of nitro groups is 1. The third-order valence-corrected chi connectivity index (χ3v) is 6.12. The molecule has 0 heterocycles. The summed E-state index contributed by atoms with van der Waals surface area (Å²) in [6.07, 6.45) is 0. The number of nitro benzene ring substituents is 1. The Morgan fingerprint density at radius 2 is 1.68 bits per heavy atom. The lowest BCUT2D eigenvalue weighted by molar-refractivity contribution is -0.385. The number of sulfonamides is 1. The molecule has 2 aromatic carbocycles. The lowest BCUT2D eigenvalue weighted by atomic mass is 10.1. The Balaban J connectivity index is 2.25. The van der Waals surface area contributed by atoms with Crippen molar-refractivity contribution in [3.63, 3.8) is 0 Å². The van der Waals surface area contributed by atoms with Gasteiger partial charge in [-0.25, -0.2) is 13.1 Å². The number of rotatable bonds is 8. The molecule has 0 aliphatic carbocycles. The Bertz CT molecular complexity index is 941. The van der Waals surface area contributed by atoms with Crippen molar-refractivity contribution in [1.82, 2.24) is 9.62 Å². The monoisotopic (exact) mass is 406 g/mol. The van der Waals surface area contributed by atoms with E-state index in [1.807, 2.05) is 62.3 Å². The maximum atomic E-state index is 12.8. The van der Waals surface area contributed by atoms with Crippen LogP contribution in [-0.2, 0) is 10.0 Å². The first-order chi connectivity index (χ1) is 13.0. The Morgan fingerprint density at radius 3 is 2.18 bits per heavy atom. The van der Waals surface area contributed by atoms with E-state index in [0.717, 1.165) is 17.3 Å². The van der Waals surface area contributed by atoms with Gasteiger partial charge in [-0.3, -0.25) is 10.1 Å². The van der Waals surface area contributed by atoms with E-state index < -0.39 is 14.9 Å². The molecule has 0 spiro atoms. The summed E-state index contributed by atoms with van der Waals surface area (Å²) >= 11 is 0. The standard InChI is InChI=1S/C19H26N4O4S/c1-14-6-9-17(23(24)25)12-19(14)28(26,27)20-13-18(22(4)5)15-7-10-16(11-8-15)21(2)3/h6-12,18,20H,13H2,1-5H3/t18-/m1/s1. The average molecular weight is 407 g/mol. The van der Waals surface area contributed by atoms with Crippen LogP contribution in [0.5, 0.6) is 0 Å². The smallest absolute Gasteiger partial charge is 0.270 e. The van der Waals surface area contributed by atoms with Crippen LogP contribution in [0.2, 0.25) is 0 Å². The van der Waals surface area contributed by atoms with E-state index >= 15 is 0 Å². The number of aryl methyl sites for hydroxylation is 1. The van der Waals surface area contributed by atoms with E-state index in [0.29, 0.717) is 5.56 Å². The number of hydrogen-bond donors (Lipinski definition) is 1. The summed E-state index contributed by atoms with van der Waals surface area (Å²) in [5, 5.41) is 11.0. The largest absolute Gasteiger partial charge is 0.378 e. The van der Waals surface area contributed by atoms with Gasteiger partial charge in [0.25, 0.3) is 5.69 Å². The quantitative estimate of drug-likeness (QED) is 0.535. The third kappa shape index (κ3) is 5.06. The molecule has 0 radical (unpaired) electrons. The Hall–Kier alpha value is -2.49. The summed E-state index contributed by atoms with van der Waals surface area (Å²) in [7, 11) is 3.76. The number of non-ortho nitro benzene ring substituents is 1. The zero-order valence-electron chi connectivity index (χ0n) is 16.7. The van der Waals surface area contributed by atoms with Crippen LogP contribution in [0, 0.1) is 17.0 Å². The second-order valence-corrected chi connectivity index (χ2v) is 8.76. The first-order valence-corrected chi connectivity index (χ1v) is 10.2. The molecule has 28 heavy (non-hydrogen) atoms. The molecule has 2 rings (SSSR count). The van der Waals surface area contributed by atoms with Crippen molar-refractivity contribution in [2.45, 2.75) is 17.9 Å².